The van der Waals surface area contributed by atoms with Gasteiger partial charge in [-0.15, -0.1) is 11.3 Å². The van der Waals surface area contributed by atoms with Crippen LogP contribution < -0.4 is 4.74 Å². The zero-order chi connectivity index (χ0) is 24.6. The van der Waals surface area contributed by atoms with Crippen molar-refractivity contribution in [1.82, 2.24) is 24.4 Å². The van der Waals surface area contributed by atoms with E-state index in [0.29, 0.717) is 45.2 Å². The van der Waals surface area contributed by atoms with Crippen LogP contribution in [0.2, 0.25) is 0 Å². The first-order valence-corrected chi connectivity index (χ1v) is 11.3. The Labute approximate surface area is 196 Å². The first-order chi connectivity index (χ1) is 16.1. The summed E-state index contributed by atoms with van der Waals surface area (Å²) >= 11 is 1.15. The third-order valence-corrected chi connectivity index (χ3v) is 6.15. The predicted octanol–water partition coefficient (Wildman–Crippen LogP) is 5.08. The van der Waals surface area contributed by atoms with Gasteiger partial charge in [0.2, 0.25) is 5.88 Å². The fraction of sp³-hybridized carbons (Fsp3) is 0.364. The van der Waals surface area contributed by atoms with Gasteiger partial charge in [-0.3, -0.25) is 4.68 Å². The van der Waals surface area contributed by atoms with E-state index >= 15 is 0 Å². The Hall–Kier alpha value is -3.41. The number of carbonyl (C=O) groups excluding carboxylic acids is 1. The monoisotopic (exact) mass is 493 g/mol. The quantitative estimate of drug-likeness (QED) is 0.334. The molecule has 0 bridgehead atoms. The van der Waals surface area contributed by atoms with Gasteiger partial charge in [0.25, 0.3) is 0 Å². The summed E-state index contributed by atoms with van der Waals surface area (Å²) in [5.41, 5.74) is 3.48. The van der Waals surface area contributed by atoms with E-state index in [2.05, 4.69) is 15.2 Å². The lowest BCUT2D eigenvalue weighted by atomic mass is 10.0. The number of rotatable bonds is 7. The molecule has 0 aliphatic rings. The second-order valence-electron chi connectivity index (χ2n) is 7.43. The molecule has 4 aromatic rings. The van der Waals surface area contributed by atoms with E-state index in [9.17, 15) is 18.0 Å². The molecule has 8 nitrogen and oxygen atoms in total. The summed E-state index contributed by atoms with van der Waals surface area (Å²) in [6.07, 6.45) is -1.05. The Kier molecular flexibility index (Phi) is 6.34. The molecule has 0 amide bonds. The third-order valence-electron chi connectivity index (χ3n) is 5.09. The molecule has 4 heterocycles. The largest absolute Gasteiger partial charge is 0.477 e. The van der Waals surface area contributed by atoms with Crippen LogP contribution in [0, 0.1) is 13.8 Å². The number of aryl methyl sites for hydroxylation is 1. The number of nitrogens with zero attached hydrogens (tertiary/aromatic N) is 5. The number of hydrogen-bond acceptors (Lipinski definition) is 7. The predicted molar refractivity (Wildman–Crippen MR) is 120 cm³/mol. The second kappa shape index (κ2) is 9.09. The molecule has 0 saturated heterocycles. The van der Waals surface area contributed by atoms with Crippen molar-refractivity contribution in [3.63, 3.8) is 0 Å². The van der Waals surface area contributed by atoms with Crippen LogP contribution in [-0.2, 0) is 11.3 Å². The van der Waals surface area contributed by atoms with Gasteiger partial charge < -0.3 is 9.47 Å². The molecule has 180 valence electrons. The average Bonchev–Trinajstić information content (AvgIpc) is 3.43. The summed E-state index contributed by atoms with van der Waals surface area (Å²) in [7, 11) is 0. The van der Waals surface area contributed by atoms with E-state index < -0.39 is 18.7 Å². The van der Waals surface area contributed by atoms with E-state index in [-0.39, 0.29) is 17.4 Å². The molecule has 4 aromatic heterocycles. The van der Waals surface area contributed by atoms with Crippen LogP contribution in [0.3, 0.4) is 0 Å². The number of aromatic nitrogens is 5. The Morgan fingerprint density at radius 1 is 1.21 bits per heavy atom. The van der Waals surface area contributed by atoms with Crippen molar-refractivity contribution in [3.8, 4) is 27.6 Å². The molecule has 0 fully saturated rings. The highest BCUT2D eigenvalue weighted by Gasteiger charge is 2.30. The fourth-order valence-corrected chi connectivity index (χ4v) is 4.61. The molecule has 0 aliphatic carbocycles. The third kappa shape index (κ3) is 4.49. The summed E-state index contributed by atoms with van der Waals surface area (Å²) in [5, 5.41) is 8.98. The van der Waals surface area contributed by atoms with E-state index in [1.165, 1.54) is 0 Å². The van der Waals surface area contributed by atoms with Gasteiger partial charge in [-0.2, -0.15) is 23.4 Å². The number of alkyl halides is 3. The second-order valence-corrected chi connectivity index (χ2v) is 8.43. The molecule has 0 spiro atoms. The van der Waals surface area contributed by atoms with Crippen LogP contribution >= 0.6 is 11.3 Å². The minimum absolute atomic E-state index is 0.203. The zero-order valence-corrected chi connectivity index (χ0v) is 19.8. The Bertz CT molecular complexity index is 1360. The lowest BCUT2D eigenvalue weighted by Crippen LogP contribution is -2.19. The number of esters is 1. The van der Waals surface area contributed by atoms with Crippen molar-refractivity contribution < 1.29 is 27.4 Å². The molecule has 0 aliphatic heterocycles. The maximum atomic E-state index is 13.0. The summed E-state index contributed by atoms with van der Waals surface area (Å²) in [5.74, 6) is -0.307. The highest BCUT2D eigenvalue weighted by atomic mass is 32.1. The standard InChI is InChI=1S/C22H22F3N5O3S/c1-5-32-19-18(21(31)33-6-2)34-20(27-19)14-7-8-29-16(9-14)15(10-26-29)17-12(3)28-30(13(17)4)11-22(23,24)25/h7-10H,5-6,11H2,1-4H3. The smallest absolute Gasteiger partial charge is 0.408 e. The van der Waals surface area contributed by atoms with E-state index in [1.54, 1.807) is 50.7 Å². The van der Waals surface area contributed by atoms with Gasteiger partial charge in [-0.1, -0.05) is 0 Å². The molecule has 12 heteroatoms. The summed E-state index contributed by atoms with van der Waals surface area (Å²) < 4.78 is 52.1. The van der Waals surface area contributed by atoms with Gasteiger partial charge in [0, 0.05) is 28.6 Å². The van der Waals surface area contributed by atoms with Crippen molar-refractivity contribution in [2.24, 2.45) is 0 Å². The molecule has 0 atom stereocenters. The number of fused-ring (bicyclic) bond motifs is 1. The minimum Gasteiger partial charge on any atom is -0.477 e. The first kappa shape index (κ1) is 23.7. The van der Waals surface area contributed by atoms with Gasteiger partial charge >= 0.3 is 12.1 Å². The van der Waals surface area contributed by atoms with Crippen LogP contribution in [0.25, 0.3) is 27.2 Å². The molecule has 0 unspecified atom stereocenters. The molecule has 0 aromatic carbocycles. The van der Waals surface area contributed by atoms with Gasteiger partial charge in [0.1, 0.15) is 11.6 Å². The van der Waals surface area contributed by atoms with Crippen molar-refractivity contribution >= 4 is 22.8 Å². The van der Waals surface area contributed by atoms with Crippen molar-refractivity contribution in [3.05, 3.63) is 40.8 Å². The average molecular weight is 494 g/mol. The molecule has 0 saturated carbocycles. The Balaban J connectivity index is 1.79. The number of halogens is 3. The number of ether oxygens (including phenoxy) is 2. The number of hydrogen-bond donors (Lipinski definition) is 0. The van der Waals surface area contributed by atoms with Crippen LogP contribution in [0.4, 0.5) is 13.2 Å². The number of pyridine rings is 1. The van der Waals surface area contributed by atoms with Crippen LogP contribution in [0.5, 0.6) is 5.88 Å². The van der Waals surface area contributed by atoms with E-state index in [4.69, 9.17) is 9.47 Å². The fourth-order valence-electron chi connectivity index (χ4n) is 3.71. The van der Waals surface area contributed by atoms with Crippen molar-refractivity contribution in [2.75, 3.05) is 13.2 Å². The highest BCUT2D eigenvalue weighted by Crippen LogP contribution is 2.36. The minimum atomic E-state index is -4.38. The zero-order valence-electron chi connectivity index (χ0n) is 18.9. The molecular weight excluding hydrogens is 471 g/mol. The van der Waals surface area contributed by atoms with E-state index in [1.807, 2.05) is 6.07 Å². The lowest BCUT2D eigenvalue weighted by Gasteiger charge is -2.08. The Morgan fingerprint density at radius 2 is 1.97 bits per heavy atom. The normalized spacial score (nSPS) is 11.9. The van der Waals surface area contributed by atoms with E-state index in [0.717, 1.165) is 16.0 Å². The topological polar surface area (TPSA) is 83.5 Å². The maximum Gasteiger partial charge on any atom is 0.408 e. The molecule has 4 rings (SSSR count). The summed E-state index contributed by atoms with van der Waals surface area (Å²) in [4.78, 5) is 17.1. The first-order valence-electron chi connectivity index (χ1n) is 10.5. The van der Waals surface area contributed by atoms with Crippen LogP contribution in [0.15, 0.2) is 24.5 Å². The molecule has 34 heavy (non-hydrogen) atoms. The van der Waals surface area contributed by atoms with Crippen LogP contribution in [0.1, 0.15) is 34.9 Å². The molecular formula is C22H22F3N5O3S. The van der Waals surface area contributed by atoms with Gasteiger partial charge in [-0.25, -0.2) is 14.3 Å². The molecule has 0 N–H and O–H groups in total. The number of carbonyl (C=O) groups is 1. The number of thiazole rings is 1. The Morgan fingerprint density at radius 3 is 2.65 bits per heavy atom. The molecule has 0 radical (unpaired) electrons. The SMILES string of the molecule is CCOC(=O)c1sc(-c2ccn3ncc(-c4c(C)nn(CC(F)(F)F)c4C)c3c2)nc1OCC. The van der Waals surface area contributed by atoms with Gasteiger partial charge in [0.05, 0.1) is 30.6 Å². The van der Waals surface area contributed by atoms with Crippen molar-refractivity contribution in [1.29, 1.82) is 0 Å². The maximum absolute atomic E-state index is 13.0. The summed E-state index contributed by atoms with van der Waals surface area (Å²) in [6.45, 7) is 6.18. The highest BCUT2D eigenvalue weighted by molar-refractivity contribution is 7.17. The van der Waals surface area contributed by atoms with Crippen molar-refractivity contribution in [2.45, 2.75) is 40.4 Å². The lowest BCUT2D eigenvalue weighted by molar-refractivity contribution is -0.142. The van der Waals surface area contributed by atoms with Gasteiger partial charge in [0.15, 0.2) is 4.88 Å². The van der Waals surface area contributed by atoms with Gasteiger partial charge in [-0.05, 0) is 39.8 Å². The van der Waals surface area contributed by atoms with Crippen LogP contribution in [-0.4, -0.2) is 49.7 Å². The summed E-state index contributed by atoms with van der Waals surface area (Å²) in [6, 6.07) is 3.62.